The Morgan fingerprint density at radius 3 is 2.54 bits per heavy atom. The van der Waals surface area contributed by atoms with Crippen molar-refractivity contribution in [2.24, 2.45) is 0 Å². The SMILES string of the molecule is Cc1cc(N(C)OCc2ccccc2)n2nc(C(F)(F)F)nc2n1. The van der Waals surface area contributed by atoms with E-state index in [1.54, 1.807) is 20.0 Å². The van der Waals surface area contributed by atoms with Crippen LogP contribution >= 0.6 is 0 Å². The van der Waals surface area contributed by atoms with Crippen molar-refractivity contribution >= 4 is 11.6 Å². The van der Waals surface area contributed by atoms with E-state index in [1.165, 1.54) is 5.06 Å². The number of nitrogens with zero attached hydrogens (tertiary/aromatic N) is 5. The zero-order chi connectivity index (χ0) is 17.3. The number of fused-ring (bicyclic) bond motifs is 1. The van der Waals surface area contributed by atoms with Gasteiger partial charge in [0, 0.05) is 18.8 Å². The van der Waals surface area contributed by atoms with Gasteiger partial charge in [0.05, 0.1) is 6.61 Å². The predicted molar refractivity (Wildman–Crippen MR) is 80.2 cm³/mol. The van der Waals surface area contributed by atoms with Crippen molar-refractivity contribution in [2.45, 2.75) is 19.7 Å². The van der Waals surface area contributed by atoms with Crippen LogP contribution in [0.2, 0.25) is 0 Å². The Hall–Kier alpha value is -2.68. The second-order valence-electron chi connectivity index (χ2n) is 5.16. The summed E-state index contributed by atoms with van der Waals surface area (Å²) in [6.45, 7) is 1.93. The first-order valence-electron chi connectivity index (χ1n) is 7.07. The predicted octanol–water partition coefficient (Wildman–Crippen LogP) is 3.02. The van der Waals surface area contributed by atoms with E-state index in [4.69, 9.17) is 4.84 Å². The number of alkyl halides is 3. The third-order valence-electron chi connectivity index (χ3n) is 3.27. The Balaban J connectivity index is 1.91. The lowest BCUT2D eigenvalue weighted by molar-refractivity contribution is -0.144. The monoisotopic (exact) mass is 337 g/mol. The fourth-order valence-corrected chi connectivity index (χ4v) is 2.12. The topological polar surface area (TPSA) is 55.6 Å². The lowest BCUT2D eigenvalue weighted by atomic mass is 10.2. The molecule has 3 rings (SSSR count). The van der Waals surface area contributed by atoms with Crippen molar-refractivity contribution in [1.82, 2.24) is 19.6 Å². The number of hydrogen-bond donors (Lipinski definition) is 0. The number of aromatic nitrogens is 4. The first-order valence-corrected chi connectivity index (χ1v) is 7.07. The van der Waals surface area contributed by atoms with E-state index < -0.39 is 12.0 Å². The molecule has 126 valence electrons. The Bertz CT molecular complexity index is 847. The van der Waals surface area contributed by atoms with Crippen LogP contribution in [0.15, 0.2) is 36.4 Å². The molecule has 0 N–H and O–H groups in total. The molecule has 0 atom stereocenters. The molecule has 0 amide bonds. The molecule has 0 saturated heterocycles. The summed E-state index contributed by atoms with van der Waals surface area (Å²) in [6.07, 6.45) is -4.64. The van der Waals surface area contributed by atoms with Crippen LogP contribution in [-0.4, -0.2) is 26.6 Å². The molecule has 9 heteroatoms. The summed E-state index contributed by atoms with van der Waals surface area (Å²) in [5.74, 6) is -1.07. The van der Waals surface area contributed by atoms with E-state index >= 15 is 0 Å². The summed E-state index contributed by atoms with van der Waals surface area (Å²) in [5.41, 5.74) is 1.44. The normalized spacial score (nSPS) is 11.9. The summed E-state index contributed by atoms with van der Waals surface area (Å²) in [7, 11) is 1.59. The number of halogens is 3. The van der Waals surface area contributed by atoms with Gasteiger partial charge in [-0.3, -0.25) is 4.84 Å². The number of benzene rings is 1. The van der Waals surface area contributed by atoms with E-state index in [-0.39, 0.29) is 12.4 Å². The zero-order valence-corrected chi connectivity index (χ0v) is 12.9. The van der Waals surface area contributed by atoms with Crippen LogP contribution < -0.4 is 5.06 Å². The first kappa shape index (κ1) is 16.2. The Labute approximate surface area is 135 Å². The molecule has 3 aromatic rings. The van der Waals surface area contributed by atoms with Crippen molar-refractivity contribution in [3.8, 4) is 0 Å². The molecule has 0 unspecified atom stereocenters. The summed E-state index contributed by atoms with van der Waals surface area (Å²) >= 11 is 0. The highest BCUT2D eigenvalue weighted by molar-refractivity contribution is 5.45. The molecular formula is C15H14F3N5O. The molecule has 6 nitrogen and oxygen atoms in total. The number of aryl methyl sites for hydroxylation is 1. The Morgan fingerprint density at radius 1 is 1.17 bits per heavy atom. The lowest BCUT2D eigenvalue weighted by Crippen LogP contribution is -2.21. The second-order valence-corrected chi connectivity index (χ2v) is 5.16. The molecule has 1 aromatic carbocycles. The van der Waals surface area contributed by atoms with Gasteiger partial charge in [0.1, 0.15) is 0 Å². The standard InChI is InChI=1S/C15H14F3N5O/c1-10-8-12(22(2)24-9-11-6-4-3-5-7-11)23-14(19-10)20-13(21-23)15(16,17)18/h3-8H,9H2,1-2H3. The van der Waals surface area contributed by atoms with Gasteiger partial charge in [-0.05, 0) is 12.5 Å². The maximum atomic E-state index is 12.8. The van der Waals surface area contributed by atoms with Gasteiger partial charge in [0.2, 0.25) is 0 Å². The largest absolute Gasteiger partial charge is 0.453 e. The Morgan fingerprint density at radius 2 is 1.88 bits per heavy atom. The van der Waals surface area contributed by atoms with Crippen molar-refractivity contribution in [3.05, 3.63) is 53.5 Å². The van der Waals surface area contributed by atoms with Crippen LogP contribution in [0.5, 0.6) is 0 Å². The zero-order valence-electron chi connectivity index (χ0n) is 12.9. The van der Waals surface area contributed by atoms with Crippen LogP contribution in [0.3, 0.4) is 0 Å². The highest BCUT2D eigenvalue weighted by Crippen LogP contribution is 2.27. The van der Waals surface area contributed by atoms with E-state index in [2.05, 4.69) is 15.1 Å². The number of anilines is 1. The van der Waals surface area contributed by atoms with Crippen molar-refractivity contribution in [2.75, 3.05) is 12.1 Å². The molecule has 0 aliphatic heterocycles. The average Bonchev–Trinajstić information content (AvgIpc) is 2.97. The molecule has 24 heavy (non-hydrogen) atoms. The van der Waals surface area contributed by atoms with E-state index in [9.17, 15) is 13.2 Å². The molecule has 2 aromatic heterocycles. The van der Waals surface area contributed by atoms with Crippen LogP contribution in [0.25, 0.3) is 5.78 Å². The third kappa shape index (κ3) is 3.30. The maximum absolute atomic E-state index is 12.8. The summed E-state index contributed by atoms with van der Waals surface area (Å²) < 4.78 is 39.5. The molecular weight excluding hydrogens is 323 g/mol. The van der Waals surface area contributed by atoms with Crippen LogP contribution in [0.4, 0.5) is 19.0 Å². The summed E-state index contributed by atoms with van der Waals surface area (Å²) in [4.78, 5) is 13.0. The molecule has 0 aliphatic rings. The van der Waals surface area contributed by atoms with Gasteiger partial charge < -0.3 is 0 Å². The minimum absolute atomic E-state index is 0.132. The second kappa shape index (κ2) is 6.08. The van der Waals surface area contributed by atoms with Crippen molar-refractivity contribution in [3.63, 3.8) is 0 Å². The van der Waals surface area contributed by atoms with Gasteiger partial charge in [-0.1, -0.05) is 30.3 Å². The van der Waals surface area contributed by atoms with E-state index in [0.717, 1.165) is 10.1 Å². The van der Waals surface area contributed by atoms with Crippen molar-refractivity contribution in [1.29, 1.82) is 0 Å². The number of rotatable bonds is 4. The fraction of sp³-hybridized carbons (Fsp3) is 0.267. The van der Waals surface area contributed by atoms with Crippen LogP contribution in [0.1, 0.15) is 17.1 Å². The van der Waals surface area contributed by atoms with E-state index in [0.29, 0.717) is 11.5 Å². The molecule has 0 spiro atoms. The maximum Gasteiger partial charge on any atom is 0.453 e. The van der Waals surface area contributed by atoms with Gasteiger partial charge in [-0.15, -0.1) is 5.10 Å². The van der Waals surface area contributed by atoms with Gasteiger partial charge in [-0.2, -0.15) is 22.7 Å². The number of hydrogen-bond acceptors (Lipinski definition) is 5. The lowest BCUT2D eigenvalue weighted by Gasteiger charge is -2.19. The number of hydroxylamine groups is 1. The van der Waals surface area contributed by atoms with Crippen LogP contribution in [-0.2, 0) is 17.6 Å². The first-order chi connectivity index (χ1) is 11.3. The van der Waals surface area contributed by atoms with Crippen LogP contribution in [0, 0.1) is 6.92 Å². The van der Waals surface area contributed by atoms with Gasteiger partial charge in [-0.25, -0.2) is 10.0 Å². The third-order valence-corrected chi connectivity index (χ3v) is 3.27. The van der Waals surface area contributed by atoms with Gasteiger partial charge >= 0.3 is 6.18 Å². The molecule has 0 radical (unpaired) electrons. The van der Waals surface area contributed by atoms with Gasteiger partial charge in [0.15, 0.2) is 5.82 Å². The fourth-order valence-electron chi connectivity index (χ4n) is 2.12. The minimum Gasteiger partial charge on any atom is -0.268 e. The van der Waals surface area contributed by atoms with E-state index in [1.807, 2.05) is 30.3 Å². The average molecular weight is 337 g/mol. The molecule has 0 bridgehead atoms. The quantitative estimate of drug-likeness (QED) is 0.685. The minimum atomic E-state index is -4.64. The molecule has 0 fully saturated rings. The molecule has 0 saturated carbocycles. The summed E-state index contributed by atoms with van der Waals surface area (Å²) in [6, 6.07) is 11.0. The Kier molecular flexibility index (Phi) is 4.10. The highest BCUT2D eigenvalue weighted by atomic mass is 19.4. The van der Waals surface area contributed by atoms with Crippen molar-refractivity contribution < 1.29 is 18.0 Å². The summed E-state index contributed by atoms with van der Waals surface area (Å²) in [5, 5.41) is 4.85. The molecule has 0 aliphatic carbocycles. The molecule has 2 heterocycles. The smallest absolute Gasteiger partial charge is 0.268 e. The highest BCUT2D eigenvalue weighted by Gasteiger charge is 2.37. The van der Waals surface area contributed by atoms with Gasteiger partial charge in [0.25, 0.3) is 11.6 Å².